The maximum atomic E-state index is 13.3. The number of ether oxygens (including phenoxy) is 2. The highest BCUT2D eigenvalue weighted by molar-refractivity contribution is 7.92. The van der Waals surface area contributed by atoms with Crippen molar-refractivity contribution in [1.29, 1.82) is 0 Å². The first-order chi connectivity index (χ1) is 17.2. The second kappa shape index (κ2) is 11.1. The van der Waals surface area contributed by atoms with Gasteiger partial charge in [-0.15, -0.1) is 0 Å². The molecule has 0 radical (unpaired) electrons. The second-order valence-corrected chi connectivity index (χ2v) is 11.6. The summed E-state index contributed by atoms with van der Waals surface area (Å²) in [7, 11) is -2.74. The predicted octanol–water partition coefficient (Wildman–Crippen LogP) is 5.04. The van der Waals surface area contributed by atoms with Crippen LogP contribution in [0.25, 0.3) is 10.4 Å². The molecule has 4 rings (SSSR count). The van der Waals surface area contributed by atoms with E-state index in [9.17, 15) is 13.2 Å². The lowest BCUT2D eigenvalue weighted by Crippen LogP contribution is -2.22. The highest BCUT2D eigenvalue weighted by Crippen LogP contribution is 2.37. The van der Waals surface area contributed by atoms with Gasteiger partial charge in [-0.1, -0.05) is 35.1 Å². The molecule has 1 aliphatic rings. The third kappa shape index (κ3) is 5.97. The third-order valence-corrected chi connectivity index (χ3v) is 8.66. The summed E-state index contributed by atoms with van der Waals surface area (Å²) in [4.78, 5) is 21.8. The van der Waals surface area contributed by atoms with Gasteiger partial charge in [-0.2, -0.15) is 0 Å². The normalized spacial score (nSPS) is 14.4. The Kier molecular flexibility index (Phi) is 8.13. The van der Waals surface area contributed by atoms with Gasteiger partial charge in [0.05, 0.1) is 28.4 Å². The van der Waals surface area contributed by atoms with Gasteiger partial charge in [0.2, 0.25) is 11.8 Å². The van der Waals surface area contributed by atoms with E-state index >= 15 is 0 Å². The van der Waals surface area contributed by atoms with Crippen LogP contribution in [0.3, 0.4) is 0 Å². The molecule has 0 saturated carbocycles. The summed E-state index contributed by atoms with van der Waals surface area (Å²) in [5, 5.41) is 3.60. The molecule has 9 nitrogen and oxygen atoms in total. The number of aromatic nitrogens is 2. The zero-order valence-electron chi connectivity index (χ0n) is 20.1. The number of amides is 1. The minimum Gasteiger partial charge on any atom is -0.480 e. The number of anilines is 2. The number of thiazole rings is 1. The summed E-state index contributed by atoms with van der Waals surface area (Å²) in [6.07, 6.45) is 3.67. The molecule has 2 N–H and O–H groups in total. The minimum absolute atomic E-state index is 0.0527. The highest BCUT2D eigenvalue weighted by Gasteiger charge is 2.25. The van der Waals surface area contributed by atoms with E-state index in [0.29, 0.717) is 52.4 Å². The molecule has 36 heavy (non-hydrogen) atoms. The van der Waals surface area contributed by atoms with Crippen molar-refractivity contribution in [3.05, 3.63) is 46.7 Å². The van der Waals surface area contributed by atoms with Gasteiger partial charge in [0.25, 0.3) is 10.0 Å². The van der Waals surface area contributed by atoms with E-state index < -0.39 is 10.0 Å². The Balaban J connectivity index is 1.59. The predicted molar refractivity (Wildman–Crippen MR) is 140 cm³/mol. The average molecular weight is 551 g/mol. The molecule has 3 heterocycles. The Morgan fingerprint density at radius 1 is 1.28 bits per heavy atom. The summed E-state index contributed by atoms with van der Waals surface area (Å²) < 4.78 is 39.8. The van der Waals surface area contributed by atoms with Crippen LogP contribution in [0.5, 0.6) is 5.88 Å². The molecule has 0 aliphatic carbocycles. The number of pyridine rings is 1. The van der Waals surface area contributed by atoms with Crippen LogP contribution < -0.4 is 14.8 Å². The van der Waals surface area contributed by atoms with E-state index in [1.807, 2.05) is 0 Å². The van der Waals surface area contributed by atoms with E-state index in [1.165, 1.54) is 30.7 Å². The van der Waals surface area contributed by atoms with Gasteiger partial charge in [0.15, 0.2) is 5.13 Å². The quantitative estimate of drug-likeness (QED) is 0.403. The van der Waals surface area contributed by atoms with Crippen LogP contribution in [-0.4, -0.2) is 44.6 Å². The van der Waals surface area contributed by atoms with Crippen LogP contribution in [0, 0.1) is 19.8 Å². The van der Waals surface area contributed by atoms with E-state index in [2.05, 4.69) is 20.0 Å². The maximum absolute atomic E-state index is 13.3. The monoisotopic (exact) mass is 550 g/mol. The zero-order valence-corrected chi connectivity index (χ0v) is 22.5. The Morgan fingerprint density at radius 2 is 2.03 bits per heavy atom. The van der Waals surface area contributed by atoms with Crippen LogP contribution in [0.1, 0.15) is 30.5 Å². The van der Waals surface area contributed by atoms with Crippen LogP contribution >= 0.6 is 22.9 Å². The lowest BCUT2D eigenvalue weighted by atomic mass is 9.96. The first-order valence-corrected chi connectivity index (χ1v) is 14.0. The van der Waals surface area contributed by atoms with Gasteiger partial charge in [-0.05, 0) is 50.3 Å². The largest absolute Gasteiger partial charge is 0.480 e. The molecule has 1 amide bonds. The van der Waals surface area contributed by atoms with Crippen molar-refractivity contribution >= 4 is 49.7 Å². The lowest BCUT2D eigenvalue weighted by molar-refractivity contribution is -0.117. The standard InChI is InChI=1S/C24H27ClN4O5S2/c1-14-5-4-6-18(25)21(14)29-36(31,32)19-12-17(13-26-23(19)33-3)22-15(2)27-24(35-22)28-20(30)11-16-7-9-34-10-8-16/h4-6,12-13,16,29H,7-11H2,1-3H3,(H,27,28,30). The molecule has 1 saturated heterocycles. The van der Waals surface area contributed by atoms with Crippen molar-refractivity contribution < 1.29 is 22.7 Å². The smallest absolute Gasteiger partial charge is 0.267 e. The molecule has 3 aromatic rings. The molecule has 0 atom stereocenters. The fourth-order valence-electron chi connectivity index (χ4n) is 3.95. The number of sulfonamides is 1. The molecular weight excluding hydrogens is 524 g/mol. The van der Waals surface area contributed by atoms with Gasteiger partial charge < -0.3 is 14.8 Å². The molecule has 0 unspecified atom stereocenters. The van der Waals surface area contributed by atoms with Crippen molar-refractivity contribution in [2.75, 3.05) is 30.4 Å². The molecule has 0 bridgehead atoms. The summed E-state index contributed by atoms with van der Waals surface area (Å²) in [5.74, 6) is 0.146. The molecule has 1 aromatic carbocycles. The molecule has 0 spiro atoms. The first-order valence-electron chi connectivity index (χ1n) is 11.4. The molecule has 192 valence electrons. The fourth-order valence-corrected chi connectivity index (χ4v) is 6.54. The summed E-state index contributed by atoms with van der Waals surface area (Å²) in [6, 6.07) is 6.59. The number of nitrogens with zero attached hydrogens (tertiary/aromatic N) is 2. The molecule has 2 aromatic heterocycles. The number of nitrogens with one attached hydrogen (secondary N) is 2. The van der Waals surface area contributed by atoms with E-state index in [1.54, 1.807) is 32.0 Å². The summed E-state index contributed by atoms with van der Waals surface area (Å²) in [6.45, 7) is 4.91. The number of hydrogen-bond donors (Lipinski definition) is 2. The van der Waals surface area contributed by atoms with Crippen LogP contribution in [0.15, 0.2) is 35.4 Å². The number of hydrogen-bond acceptors (Lipinski definition) is 8. The van der Waals surface area contributed by atoms with Crippen molar-refractivity contribution in [2.24, 2.45) is 5.92 Å². The van der Waals surface area contributed by atoms with Crippen LogP contribution in [-0.2, 0) is 19.6 Å². The summed E-state index contributed by atoms with van der Waals surface area (Å²) >= 11 is 7.49. The molecule has 12 heteroatoms. The Labute approximate surface area is 219 Å². The third-order valence-electron chi connectivity index (χ3n) is 5.88. The Bertz CT molecular complexity index is 1350. The Morgan fingerprint density at radius 3 is 2.72 bits per heavy atom. The Hall–Kier alpha value is -2.73. The topological polar surface area (TPSA) is 120 Å². The minimum atomic E-state index is -4.09. The van der Waals surface area contributed by atoms with Crippen molar-refractivity contribution in [3.63, 3.8) is 0 Å². The van der Waals surface area contributed by atoms with Crippen LogP contribution in [0.4, 0.5) is 10.8 Å². The van der Waals surface area contributed by atoms with Crippen molar-refractivity contribution in [1.82, 2.24) is 9.97 Å². The van der Waals surface area contributed by atoms with E-state index in [4.69, 9.17) is 21.1 Å². The molecule has 1 fully saturated rings. The van der Waals surface area contributed by atoms with Gasteiger partial charge in [-0.3, -0.25) is 9.52 Å². The summed E-state index contributed by atoms with van der Waals surface area (Å²) in [5.41, 5.74) is 2.14. The van der Waals surface area contributed by atoms with E-state index in [-0.39, 0.29) is 27.4 Å². The maximum Gasteiger partial charge on any atom is 0.267 e. The second-order valence-electron chi connectivity index (χ2n) is 8.51. The lowest BCUT2D eigenvalue weighted by Gasteiger charge is -2.20. The van der Waals surface area contributed by atoms with Gasteiger partial charge in [0, 0.05) is 31.4 Å². The van der Waals surface area contributed by atoms with Crippen molar-refractivity contribution in [3.8, 4) is 16.3 Å². The fraction of sp³-hybridized carbons (Fsp3) is 0.375. The highest BCUT2D eigenvalue weighted by atomic mass is 35.5. The SMILES string of the molecule is COc1ncc(-c2sc(NC(=O)CC3CCOCC3)nc2C)cc1S(=O)(=O)Nc1c(C)cccc1Cl. The first kappa shape index (κ1) is 26.3. The molecule has 1 aliphatic heterocycles. The van der Waals surface area contributed by atoms with Gasteiger partial charge >= 0.3 is 0 Å². The van der Waals surface area contributed by atoms with Crippen molar-refractivity contribution in [2.45, 2.75) is 38.0 Å². The van der Waals surface area contributed by atoms with Gasteiger partial charge in [-0.25, -0.2) is 18.4 Å². The average Bonchev–Trinajstić information content (AvgIpc) is 3.21. The number of benzene rings is 1. The van der Waals surface area contributed by atoms with Crippen LogP contribution in [0.2, 0.25) is 5.02 Å². The zero-order chi connectivity index (χ0) is 25.9. The molecular formula is C24H27ClN4O5S2. The number of methoxy groups -OCH3 is 1. The number of halogens is 1. The number of rotatable bonds is 8. The number of carbonyl (C=O) groups is 1. The van der Waals surface area contributed by atoms with Gasteiger partial charge in [0.1, 0.15) is 4.90 Å². The number of carbonyl (C=O) groups excluding carboxylic acids is 1. The number of aryl methyl sites for hydroxylation is 2. The van der Waals surface area contributed by atoms with E-state index in [0.717, 1.165) is 12.8 Å². The number of para-hydroxylation sites is 1.